The first kappa shape index (κ1) is 17.6. The van der Waals surface area contributed by atoms with Crippen LogP contribution in [0.5, 0.6) is 0 Å². The van der Waals surface area contributed by atoms with E-state index in [0.29, 0.717) is 24.9 Å². The lowest BCUT2D eigenvalue weighted by atomic mass is 10.2. The van der Waals surface area contributed by atoms with E-state index in [9.17, 15) is 0 Å². The molecule has 0 unspecified atom stereocenters. The van der Waals surface area contributed by atoms with Crippen LogP contribution < -0.4 is 10.2 Å². The average molecular weight is 368 g/mol. The van der Waals surface area contributed by atoms with E-state index in [1.54, 1.807) is 12.4 Å². The maximum Gasteiger partial charge on any atom is 0.252 e. The van der Waals surface area contributed by atoms with Crippen molar-refractivity contribution in [3.63, 3.8) is 0 Å². The van der Waals surface area contributed by atoms with Gasteiger partial charge in [0.15, 0.2) is 5.82 Å². The predicted octanol–water partition coefficient (Wildman–Crippen LogP) is 4.22. The third-order valence-electron chi connectivity index (χ3n) is 4.22. The van der Waals surface area contributed by atoms with Gasteiger partial charge in [-0.2, -0.15) is 10.1 Å². The minimum absolute atomic E-state index is 0.543. The van der Waals surface area contributed by atoms with Crippen molar-refractivity contribution in [2.45, 2.75) is 13.1 Å². The molecule has 2 heterocycles. The molecule has 0 saturated carbocycles. The topological polar surface area (TPSA) is 66.8 Å². The van der Waals surface area contributed by atoms with Gasteiger partial charge < -0.3 is 10.2 Å². The molecule has 0 radical (unpaired) electrons. The summed E-state index contributed by atoms with van der Waals surface area (Å²) in [5, 5.41) is 11.7. The van der Waals surface area contributed by atoms with Crippen LogP contribution in [-0.4, -0.2) is 20.2 Å². The number of aromatic nitrogens is 4. The van der Waals surface area contributed by atoms with Crippen molar-refractivity contribution in [2.24, 2.45) is 0 Å². The Kier molecular flexibility index (Phi) is 5.49. The van der Waals surface area contributed by atoms with Crippen molar-refractivity contribution in [2.75, 3.05) is 10.2 Å². The van der Waals surface area contributed by atoms with Gasteiger partial charge in [-0.05, 0) is 29.8 Å². The highest BCUT2D eigenvalue weighted by Gasteiger charge is 2.14. The van der Waals surface area contributed by atoms with Crippen LogP contribution in [-0.2, 0) is 13.1 Å². The van der Waals surface area contributed by atoms with E-state index in [1.165, 1.54) is 5.56 Å². The highest BCUT2D eigenvalue weighted by Crippen LogP contribution is 2.24. The first-order valence-electron chi connectivity index (χ1n) is 9.08. The Morgan fingerprint density at radius 2 is 1.57 bits per heavy atom. The number of nitrogens with zero attached hydrogens (tertiary/aromatic N) is 5. The van der Waals surface area contributed by atoms with Crippen LogP contribution in [0.2, 0.25) is 0 Å². The number of para-hydroxylation sites is 1. The van der Waals surface area contributed by atoms with Crippen LogP contribution in [0.15, 0.2) is 91.3 Å². The van der Waals surface area contributed by atoms with Gasteiger partial charge in [0.05, 0.1) is 25.0 Å². The van der Waals surface area contributed by atoms with Gasteiger partial charge in [-0.3, -0.25) is 4.98 Å². The second-order valence-electron chi connectivity index (χ2n) is 6.22. The number of benzene rings is 2. The van der Waals surface area contributed by atoms with Crippen LogP contribution >= 0.6 is 0 Å². The summed E-state index contributed by atoms with van der Waals surface area (Å²) >= 11 is 0. The van der Waals surface area contributed by atoms with E-state index in [-0.39, 0.29) is 0 Å². The predicted molar refractivity (Wildman–Crippen MR) is 110 cm³/mol. The molecular formula is C22H20N6. The van der Waals surface area contributed by atoms with E-state index in [2.05, 4.69) is 37.6 Å². The van der Waals surface area contributed by atoms with Crippen molar-refractivity contribution < 1.29 is 0 Å². The number of anilines is 3. The Labute approximate surface area is 163 Å². The molecule has 28 heavy (non-hydrogen) atoms. The summed E-state index contributed by atoms with van der Waals surface area (Å²) in [6, 6.07) is 26.2. The molecule has 0 aliphatic carbocycles. The summed E-state index contributed by atoms with van der Waals surface area (Å²) in [7, 11) is 0. The van der Waals surface area contributed by atoms with Crippen LogP contribution in [0, 0.1) is 0 Å². The Morgan fingerprint density at radius 3 is 2.32 bits per heavy atom. The van der Waals surface area contributed by atoms with Gasteiger partial charge in [0.1, 0.15) is 0 Å². The second-order valence-corrected chi connectivity index (χ2v) is 6.22. The van der Waals surface area contributed by atoms with E-state index in [0.717, 1.165) is 11.4 Å². The Balaban J connectivity index is 1.59. The summed E-state index contributed by atoms with van der Waals surface area (Å²) in [5.41, 5.74) is 3.11. The fraction of sp³-hybridized carbons (Fsp3) is 0.0909. The van der Waals surface area contributed by atoms with Gasteiger partial charge in [0, 0.05) is 11.9 Å². The standard InChI is InChI=1S/C22H20N6/c1-3-9-18(10-4-1)17-28(20-12-5-2-6-13-20)22-26-21(16-25-27-22)24-15-19-11-7-8-14-23-19/h1-14,16H,15,17H2,(H,24,26,27). The van der Waals surface area contributed by atoms with Crippen molar-refractivity contribution >= 4 is 17.5 Å². The van der Waals surface area contributed by atoms with Crippen LogP contribution in [0.25, 0.3) is 0 Å². The Bertz CT molecular complexity index is 993. The van der Waals surface area contributed by atoms with E-state index in [4.69, 9.17) is 0 Å². The smallest absolute Gasteiger partial charge is 0.252 e. The monoisotopic (exact) mass is 368 g/mol. The molecule has 2 aromatic heterocycles. The molecule has 4 aromatic rings. The maximum absolute atomic E-state index is 4.67. The highest BCUT2D eigenvalue weighted by molar-refractivity contribution is 5.58. The van der Waals surface area contributed by atoms with E-state index < -0.39 is 0 Å². The van der Waals surface area contributed by atoms with Gasteiger partial charge in [-0.15, -0.1) is 5.10 Å². The zero-order chi connectivity index (χ0) is 19.0. The van der Waals surface area contributed by atoms with E-state index >= 15 is 0 Å². The average Bonchev–Trinajstić information content (AvgIpc) is 2.78. The molecule has 0 bridgehead atoms. The van der Waals surface area contributed by atoms with E-state index in [1.807, 2.05) is 71.6 Å². The molecule has 138 valence electrons. The normalized spacial score (nSPS) is 10.4. The SMILES string of the molecule is c1ccc(CN(c2ccccc2)c2nncc(NCc3ccccn3)n2)cc1. The molecule has 0 aliphatic heterocycles. The molecule has 6 nitrogen and oxygen atoms in total. The molecule has 4 rings (SSSR count). The largest absolute Gasteiger partial charge is 0.363 e. The number of hydrogen-bond acceptors (Lipinski definition) is 6. The Morgan fingerprint density at radius 1 is 0.821 bits per heavy atom. The zero-order valence-corrected chi connectivity index (χ0v) is 15.3. The summed E-state index contributed by atoms with van der Waals surface area (Å²) in [6.45, 7) is 1.22. The molecule has 0 saturated heterocycles. The molecule has 2 aromatic carbocycles. The van der Waals surface area contributed by atoms with Gasteiger partial charge in [-0.25, -0.2) is 0 Å². The molecule has 0 fully saturated rings. The number of pyridine rings is 1. The van der Waals surface area contributed by atoms with Crippen LogP contribution in [0.1, 0.15) is 11.3 Å². The number of nitrogens with one attached hydrogen (secondary N) is 1. The summed E-state index contributed by atoms with van der Waals surface area (Å²) in [6.07, 6.45) is 3.40. The minimum Gasteiger partial charge on any atom is -0.363 e. The molecular weight excluding hydrogens is 348 g/mol. The molecule has 0 amide bonds. The third kappa shape index (κ3) is 4.48. The summed E-state index contributed by atoms with van der Waals surface area (Å²) in [4.78, 5) is 11.0. The lowest BCUT2D eigenvalue weighted by Gasteiger charge is -2.22. The fourth-order valence-electron chi connectivity index (χ4n) is 2.83. The fourth-order valence-corrected chi connectivity index (χ4v) is 2.83. The first-order chi connectivity index (χ1) is 13.9. The van der Waals surface area contributed by atoms with Gasteiger partial charge in [0.25, 0.3) is 5.95 Å². The Hall–Kier alpha value is -3.80. The van der Waals surface area contributed by atoms with Crippen LogP contribution in [0.4, 0.5) is 17.5 Å². The quantitative estimate of drug-likeness (QED) is 0.527. The van der Waals surface area contributed by atoms with Gasteiger partial charge in [0.2, 0.25) is 0 Å². The van der Waals surface area contributed by atoms with Crippen molar-refractivity contribution in [1.29, 1.82) is 0 Å². The van der Waals surface area contributed by atoms with Crippen molar-refractivity contribution in [3.8, 4) is 0 Å². The molecule has 1 N–H and O–H groups in total. The van der Waals surface area contributed by atoms with Crippen molar-refractivity contribution in [3.05, 3.63) is 103 Å². The summed E-state index contributed by atoms with van der Waals surface area (Å²) < 4.78 is 0. The number of hydrogen-bond donors (Lipinski definition) is 1. The van der Waals surface area contributed by atoms with Gasteiger partial charge >= 0.3 is 0 Å². The van der Waals surface area contributed by atoms with Crippen molar-refractivity contribution in [1.82, 2.24) is 20.2 Å². The van der Waals surface area contributed by atoms with Crippen LogP contribution in [0.3, 0.4) is 0 Å². The molecule has 0 spiro atoms. The first-order valence-corrected chi connectivity index (χ1v) is 9.08. The maximum atomic E-state index is 4.67. The lowest BCUT2D eigenvalue weighted by molar-refractivity contribution is 0.859. The lowest BCUT2D eigenvalue weighted by Crippen LogP contribution is -2.20. The summed E-state index contributed by atoms with van der Waals surface area (Å²) in [5.74, 6) is 1.20. The molecule has 0 atom stereocenters. The zero-order valence-electron chi connectivity index (χ0n) is 15.3. The third-order valence-corrected chi connectivity index (χ3v) is 4.22. The molecule has 0 aliphatic rings. The highest BCUT2D eigenvalue weighted by atomic mass is 15.3. The number of rotatable bonds is 7. The molecule has 6 heteroatoms. The minimum atomic E-state index is 0.543. The van der Waals surface area contributed by atoms with Gasteiger partial charge in [-0.1, -0.05) is 54.6 Å². The second kappa shape index (κ2) is 8.73.